The van der Waals surface area contributed by atoms with Crippen LogP contribution < -0.4 is 10.1 Å². The van der Waals surface area contributed by atoms with Crippen LogP contribution in [-0.2, 0) is 13.6 Å². The summed E-state index contributed by atoms with van der Waals surface area (Å²) in [6, 6.07) is 11.5. The molecule has 0 aliphatic rings. The van der Waals surface area contributed by atoms with Crippen molar-refractivity contribution >= 4 is 16.9 Å². The summed E-state index contributed by atoms with van der Waals surface area (Å²) in [4.78, 5) is 18.1. The Hall–Kier alpha value is -3.68. The molecule has 1 amide bonds. The lowest BCUT2D eigenvalue weighted by molar-refractivity contribution is 0.0948. The molecule has 3 heterocycles. The smallest absolute Gasteiger partial charge is 0.252 e. The first-order chi connectivity index (χ1) is 15.4. The van der Waals surface area contributed by atoms with E-state index < -0.39 is 0 Å². The van der Waals surface area contributed by atoms with E-state index in [-0.39, 0.29) is 11.8 Å². The number of aromatic nitrogens is 5. The lowest BCUT2D eigenvalue weighted by Gasteiger charge is -2.15. The lowest BCUT2D eigenvalue weighted by Crippen LogP contribution is -2.30. The van der Waals surface area contributed by atoms with Crippen LogP contribution in [0, 0.1) is 19.8 Å². The topological polar surface area (TPSA) is 86.9 Å². The van der Waals surface area contributed by atoms with Gasteiger partial charge < -0.3 is 10.1 Å². The van der Waals surface area contributed by atoms with Crippen LogP contribution in [0.1, 0.15) is 28.7 Å². The summed E-state index contributed by atoms with van der Waals surface area (Å²) in [7, 11) is 3.47. The SMILES string of the molecule is COc1cccc(-c2cc(C(=O)NCC(C)Cn3nccc3C)c3c(C)nn(C)c3n2)c1. The Bertz CT molecular complexity index is 1270. The third-order valence-corrected chi connectivity index (χ3v) is 5.60. The number of benzene rings is 1. The van der Waals surface area contributed by atoms with Crippen LogP contribution in [0.5, 0.6) is 5.75 Å². The minimum atomic E-state index is -0.137. The van der Waals surface area contributed by atoms with E-state index in [1.54, 1.807) is 18.0 Å². The zero-order chi connectivity index (χ0) is 22.8. The van der Waals surface area contributed by atoms with Crippen molar-refractivity contribution in [2.45, 2.75) is 27.3 Å². The van der Waals surface area contributed by atoms with Crippen molar-refractivity contribution in [3.05, 3.63) is 59.5 Å². The molecular weight excluding hydrogens is 404 g/mol. The average molecular weight is 433 g/mol. The number of hydrogen-bond donors (Lipinski definition) is 1. The summed E-state index contributed by atoms with van der Waals surface area (Å²) in [5, 5.41) is 12.7. The Morgan fingerprint density at radius 2 is 2.03 bits per heavy atom. The Balaban J connectivity index is 1.64. The Labute approximate surface area is 187 Å². The van der Waals surface area contributed by atoms with E-state index >= 15 is 0 Å². The van der Waals surface area contributed by atoms with Gasteiger partial charge in [0.05, 0.1) is 29.4 Å². The van der Waals surface area contributed by atoms with Gasteiger partial charge in [-0.2, -0.15) is 10.2 Å². The highest BCUT2D eigenvalue weighted by Gasteiger charge is 2.20. The number of amides is 1. The highest BCUT2D eigenvalue weighted by Crippen LogP contribution is 2.28. The monoisotopic (exact) mass is 432 g/mol. The lowest BCUT2D eigenvalue weighted by atomic mass is 10.0. The van der Waals surface area contributed by atoms with Crippen molar-refractivity contribution in [1.29, 1.82) is 0 Å². The summed E-state index contributed by atoms with van der Waals surface area (Å²) in [6.45, 7) is 7.30. The van der Waals surface area contributed by atoms with E-state index in [1.165, 1.54) is 0 Å². The second-order valence-corrected chi connectivity index (χ2v) is 8.16. The Kier molecular flexibility index (Phi) is 5.94. The third kappa shape index (κ3) is 4.21. The van der Waals surface area contributed by atoms with Crippen LogP contribution in [-0.4, -0.2) is 44.1 Å². The zero-order valence-electron chi connectivity index (χ0n) is 19.1. The van der Waals surface area contributed by atoms with Gasteiger partial charge in [-0.3, -0.25) is 14.2 Å². The number of aryl methyl sites for hydroxylation is 3. The van der Waals surface area contributed by atoms with Crippen LogP contribution in [0.4, 0.5) is 0 Å². The summed E-state index contributed by atoms with van der Waals surface area (Å²) in [6.07, 6.45) is 1.79. The molecule has 0 spiro atoms. The van der Waals surface area contributed by atoms with Crippen molar-refractivity contribution in [2.24, 2.45) is 13.0 Å². The molecule has 0 bridgehead atoms. The maximum absolute atomic E-state index is 13.3. The molecule has 1 atom stereocenters. The highest BCUT2D eigenvalue weighted by molar-refractivity contribution is 6.07. The van der Waals surface area contributed by atoms with Crippen molar-refractivity contribution in [2.75, 3.05) is 13.7 Å². The van der Waals surface area contributed by atoms with Crippen LogP contribution in [0.3, 0.4) is 0 Å². The second kappa shape index (κ2) is 8.82. The van der Waals surface area contributed by atoms with Gasteiger partial charge in [0.25, 0.3) is 5.91 Å². The number of ether oxygens (including phenoxy) is 1. The van der Waals surface area contributed by atoms with Gasteiger partial charge >= 0.3 is 0 Å². The predicted octanol–water partition coefficient (Wildman–Crippen LogP) is 3.52. The highest BCUT2D eigenvalue weighted by atomic mass is 16.5. The molecule has 32 heavy (non-hydrogen) atoms. The number of carbonyl (C=O) groups excluding carboxylic acids is 1. The maximum atomic E-state index is 13.3. The molecule has 0 aliphatic heterocycles. The maximum Gasteiger partial charge on any atom is 0.252 e. The first-order valence-corrected chi connectivity index (χ1v) is 10.6. The van der Waals surface area contributed by atoms with E-state index in [2.05, 4.69) is 22.4 Å². The summed E-state index contributed by atoms with van der Waals surface area (Å²) < 4.78 is 9.02. The molecule has 1 N–H and O–H groups in total. The molecule has 1 unspecified atom stereocenters. The molecular formula is C24H28N6O2. The normalized spacial score (nSPS) is 12.2. The molecule has 8 heteroatoms. The standard InChI is InChI=1S/C24H28N6O2/c1-15(14-30-16(2)9-10-26-30)13-25-24(31)20-12-21(18-7-6-8-19(11-18)32-5)27-23-22(20)17(3)28-29(23)4/h6-12,15H,13-14H2,1-5H3,(H,25,31). The van der Waals surface area contributed by atoms with Gasteiger partial charge in [-0.25, -0.2) is 4.98 Å². The zero-order valence-corrected chi connectivity index (χ0v) is 19.1. The summed E-state index contributed by atoms with van der Waals surface area (Å²) >= 11 is 0. The fourth-order valence-electron chi connectivity index (χ4n) is 3.87. The number of carbonyl (C=O) groups is 1. The van der Waals surface area contributed by atoms with Crippen molar-refractivity contribution < 1.29 is 9.53 Å². The average Bonchev–Trinajstić information content (AvgIpc) is 3.33. The molecule has 166 valence electrons. The van der Waals surface area contributed by atoms with E-state index in [4.69, 9.17) is 9.72 Å². The molecule has 0 radical (unpaired) electrons. The van der Waals surface area contributed by atoms with Gasteiger partial charge in [-0.1, -0.05) is 19.1 Å². The molecule has 0 saturated heterocycles. The minimum absolute atomic E-state index is 0.137. The van der Waals surface area contributed by atoms with Gasteiger partial charge in [0.2, 0.25) is 0 Å². The predicted molar refractivity (Wildman–Crippen MR) is 124 cm³/mol. The second-order valence-electron chi connectivity index (χ2n) is 8.16. The Morgan fingerprint density at radius 1 is 1.22 bits per heavy atom. The van der Waals surface area contributed by atoms with E-state index in [0.717, 1.165) is 34.6 Å². The van der Waals surface area contributed by atoms with E-state index in [0.29, 0.717) is 23.4 Å². The van der Waals surface area contributed by atoms with Crippen molar-refractivity contribution in [3.8, 4) is 17.0 Å². The van der Waals surface area contributed by atoms with Crippen LogP contribution >= 0.6 is 0 Å². The number of rotatable bonds is 7. The molecule has 1 aromatic carbocycles. The molecule has 0 fully saturated rings. The van der Waals surface area contributed by atoms with E-state index in [1.807, 2.05) is 62.0 Å². The number of methoxy groups -OCH3 is 1. The molecule has 4 rings (SSSR count). The van der Waals surface area contributed by atoms with Gasteiger partial charge in [0.1, 0.15) is 5.75 Å². The quantitative estimate of drug-likeness (QED) is 0.483. The van der Waals surface area contributed by atoms with Gasteiger partial charge in [0, 0.05) is 37.6 Å². The number of nitrogens with zero attached hydrogens (tertiary/aromatic N) is 5. The summed E-state index contributed by atoms with van der Waals surface area (Å²) in [5.74, 6) is 0.823. The van der Waals surface area contributed by atoms with Gasteiger partial charge in [-0.05, 0) is 44.0 Å². The fourth-order valence-corrected chi connectivity index (χ4v) is 3.87. The van der Waals surface area contributed by atoms with Gasteiger partial charge in [0.15, 0.2) is 5.65 Å². The van der Waals surface area contributed by atoms with E-state index in [9.17, 15) is 4.79 Å². The fraction of sp³-hybridized carbons (Fsp3) is 0.333. The van der Waals surface area contributed by atoms with Crippen LogP contribution in [0.2, 0.25) is 0 Å². The minimum Gasteiger partial charge on any atom is -0.497 e. The third-order valence-electron chi connectivity index (χ3n) is 5.60. The van der Waals surface area contributed by atoms with Crippen LogP contribution in [0.15, 0.2) is 42.6 Å². The molecule has 4 aromatic rings. The molecule has 8 nitrogen and oxygen atoms in total. The molecule has 3 aromatic heterocycles. The largest absolute Gasteiger partial charge is 0.497 e. The number of pyridine rings is 1. The molecule has 0 aliphatic carbocycles. The van der Waals surface area contributed by atoms with Crippen molar-refractivity contribution in [1.82, 2.24) is 29.9 Å². The van der Waals surface area contributed by atoms with Crippen LogP contribution in [0.25, 0.3) is 22.3 Å². The number of nitrogens with one attached hydrogen (secondary N) is 1. The summed E-state index contributed by atoms with van der Waals surface area (Å²) in [5.41, 5.74) is 4.70. The molecule has 0 saturated carbocycles. The first-order valence-electron chi connectivity index (χ1n) is 10.6. The van der Waals surface area contributed by atoms with Crippen molar-refractivity contribution in [3.63, 3.8) is 0 Å². The number of hydrogen-bond acceptors (Lipinski definition) is 5. The number of fused-ring (bicyclic) bond motifs is 1. The Morgan fingerprint density at radius 3 is 2.75 bits per heavy atom. The first kappa shape index (κ1) is 21.5. The van der Waals surface area contributed by atoms with Gasteiger partial charge in [-0.15, -0.1) is 0 Å².